The molecule has 0 aliphatic carbocycles. The van der Waals surface area contributed by atoms with Gasteiger partial charge < -0.3 is 10.2 Å². The summed E-state index contributed by atoms with van der Waals surface area (Å²) in [6, 6.07) is 30.2. The Balaban J connectivity index is 1.79. The van der Waals surface area contributed by atoms with Crippen molar-refractivity contribution in [3.63, 3.8) is 0 Å². The Morgan fingerprint density at radius 1 is 0.733 bits per heavy atom. The molecule has 4 rings (SSSR count). The van der Waals surface area contributed by atoms with Crippen molar-refractivity contribution in [1.29, 1.82) is 0 Å². The normalized spacial score (nSPS) is 12.0. The van der Waals surface area contributed by atoms with E-state index in [1.165, 1.54) is 4.90 Å². The zero-order valence-corrected chi connectivity index (χ0v) is 27.6. The van der Waals surface area contributed by atoms with Crippen molar-refractivity contribution in [1.82, 2.24) is 10.2 Å². The van der Waals surface area contributed by atoms with Gasteiger partial charge in [0.2, 0.25) is 11.8 Å². The van der Waals surface area contributed by atoms with Gasteiger partial charge in [-0.25, -0.2) is 8.42 Å². The summed E-state index contributed by atoms with van der Waals surface area (Å²) in [6.07, 6.45) is 0.275. The van der Waals surface area contributed by atoms with Crippen LogP contribution in [0.25, 0.3) is 0 Å². The second-order valence-electron chi connectivity index (χ2n) is 12.0. The first-order valence-electron chi connectivity index (χ1n) is 15.3. The first kappa shape index (κ1) is 33.5. The van der Waals surface area contributed by atoms with E-state index in [2.05, 4.69) is 5.32 Å². The van der Waals surface area contributed by atoms with Gasteiger partial charge in [0.05, 0.1) is 10.6 Å². The number of amides is 2. The first-order chi connectivity index (χ1) is 21.4. The number of rotatable bonds is 13. The summed E-state index contributed by atoms with van der Waals surface area (Å²) >= 11 is 0. The van der Waals surface area contributed by atoms with Gasteiger partial charge in [0.15, 0.2) is 0 Å². The van der Waals surface area contributed by atoms with Crippen LogP contribution in [0.1, 0.15) is 41.7 Å². The van der Waals surface area contributed by atoms with E-state index in [1.54, 1.807) is 42.5 Å². The van der Waals surface area contributed by atoms with Gasteiger partial charge >= 0.3 is 0 Å². The van der Waals surface area contributed by atoms with Crippen molar-refractivity contribution in [3.05, 3.63) is 131 Å². The van der Waals surface area contributed by atoms with Gasteiger partial charge in [0.1, 0.15) is 12.6 Å². The molecule has 1 atom stereocenters. The highest BCUT2D eigenvalue weighted by atomic mass is 32.2. The minimum Gasteiger partial charge on any atom is -0.354 e. The molecule has 0 saturated carbocycles. The minimum absolute atomic E-state index is 0.0861. The lowest BCUT2D eigenvalue weighted by Crippen LogP contribution is -2.53. The highest BCUT2D eigenvalue weighted by Gasteiger charge is 2.34. The van der Waals surface area contributed by atoms with Crippen molar-refractivity contribution in [2.24, 2.45) is 5.92 Å². The summed E-state index contributed by atoms with van der Waals surface area (Å²) in [4.78, 5) is 30.0. The maximum atomic E-state index is 14.5. The van der Waals surface area contributed by atoms with Crippen LogP contribution in [0.3, 0.4) is 0 Å². The van der Waals surface area contributed by atoms with Crippen LogP contribution in [0.4, 0.5) is 5.69 Å². The standard InChI is InChI=1S/C37H43N3O4S/c1-27(2)24-38-37(42)35(23-31-11-7-6-8-12-31)39(25-32-18-14-28(3)15-19-32)36(41)26-40(33-13-9-10-30(5)22-33)45(43,44)34-20-16-29(4)17-21-34/h6-22,27,35H,23-26H2,1-5H3,(H,38,42)/t35-/m0/s1. The summed E-state index contributed by atoms with van der Waals surface area (Å²) in [6.45, 7) is 9.88. The SMILES string of the molecule is Cc1ccc(CN(C(=O)CN(c2cccc(C)c2)S(=O)(=O)c2ccc(C)cc2)[C@@H](Cc2ccccc2)C(=O)NCC(C)C)cc1. The third-order valence-corrected chi connectivity index (χ3v) is 9.39. The van der Waals surface area contributed by atoms with Crippen molar-refractivity contribution in [2.75, 3.05) is 17.4 Å². The van der Waals surface area contributed by atoms with Crippen molar-refractivity contribution < 1.29 is 18.0 Å². The summed E-state index contributed by atoms with van der Waals surface area (Å²) in [7, 11) is -4.14. The Labute approximate surface area is 268 Å². The van der Waals surface area contributed by atoms with Gasteiger partial charge in [-0.2, -0.15) is 0 Å². The summed E-state index contributed by atoms with van der Waals surface area (Å²) in [5, 5.41) is 3.02. The van der Waals surface area contributed by atoms with E-state index in [0.29, 0.717) is 12.2 Å². The van der Waals surface area contributed by atoms with E-state index in [9.17, 15) is 18.0 Å². The lowest BCUT2D eigenvalue weighted by Gasteiger charge is -2.34. The predicted octanol–water partition coefficient (Wildman–Crippen LogP) is 6.22. The van der Waals surface area contributed by atoms with Crippen LogP contribution in [0.2, 0.25) is 0 Å². The van der Waals surface area contributed by atoms with E-state index in [1.807, 2.05) is 95.3 Å². The molecule has 0 radical (unpaired) electrons. The molecule has 7 nitrogen and oxygen atoms in total. The molecule has 1 N–H and O–H groups in total. The molecule has 45 heavy (non-hydrogen) atoms. The fourth-order valence-corrected chi connectivity index (χ4v) is 6.42. The number of carbonyl (C=O) groups is 2. The number of benzene rings is 4. The van der Waals surface area contributed by atoms with Crippen LogP contribution in [0.5, 0.6) is 0 Å². The van der Waals surface area contributed by atoms with Crippen LogP contribution in [-0.4, -0.2) is 44.3 Å². The monoisotopic (exact) mass is 625 g/mol. The summed E-state index contributed by atoms with van der Waals surface area (Å²) in [5.41, 5.74) is 4.96. The fraction of sp³-hybridized carbons (Fsp3) is 0.297. The van der Waals surface area contributed by atoms with Crippen molar-refractivity contribution in [3.8, 4) is 0 Å². The maximum absolute atomic E-state index is 14.5. The van der Waals surface area contributed by atoms with E-state index in [0.717, 1.165) is 32.1 Å². The minimum atomic E-state index is -4.14. The van der Waals surface area contributed by atoms with Crippen molar-refractivity contribution >= 4 is 27.5 Å². The topological polar surface area (TPSA) is 86.8 Å². The third-order valence-electron chi connectivity index (χ3n) is 7.61. The molecule has 0 unspecified atom stereocenters. The lowest BCUT2D eigenvalue weighted by molar-refractivity contribution is -0.140. The number of nitrogens with zero attached hydrogens (tertiary/aromatic N) is 2. The molecule has 4 aromatic carbocycles. The zero-order chi connectivity index (χ0) is 32.6. The van der Waals surface area contributed by atoms with E-state index in [4.69, 9.17) is 0 Å². The zero-order valence-electron chi connectivity index (χ0n) is 26.7. The Hall–Kier alpha value is -4.43. The van der Waals surface area contributed by atoms with E-state index in [-0.39, 0.29) is 29.7 Å². The molecule has 2 amide bonds. The molecule has 0 fully saturated rings. The number of hydrogen-bond acceptors (Lipinski definition) is 4. The highest BCUT2D eigenvalue weighted by molar-refractivity contribution is 7.92. The van der Waals surface area contributed by atoms with Crippen LogP contribution >= 0.6 is 0 Å². The molecule has 0 aliphatic rings. The number of carbonyl (C=O) groups excluding carboxylic acids is 2. The lowest BCUT2D eigenvalue weighted by atomic mass is 10.0. The molecule has 0 bridgehead atoms. The Morgan fingerprint density at radius 2 is 1.36 bits per heavy atom. The van der Waals surface area contributed by atoms with Gasteiger partial charge in [0.25, 0.3) is 10.0 Å². The number of sulfonamides is 1. The Bertz CT molecular complexity index is 1690. The van der Waals surface area contributed by atoms with E-state index >= 15 is 0 Å². The third kappa shape index (κ3) is 9.05. The van der Waals surface area contributed by atoms with Crippen LogP contribution in [0.15, 0.2) is 108 Å². The van der Waals surface area contributed by atoms with Gasteiger partial charge in [-0.1, -0.05) is 104 Å². The molecule has 0 aromatic heterocycles. The van der Waals surface area contributed by atoms with Gasteiger partial charge in [-0.05, 0) is 67.6 Å². The number of aryl methyl sites for hydroxylation is 3. The fourth-order valence-electron chi connectivity index (χ4n) is 5.02. The molecule has 0 aliphatic heterocycles. The van der Waals surface area contributed by atoms with Gasteiger partial charge in [-0.15, -0.1) is 0 Å². The molecule has 0 saturated heterocycles. The summed E-state index contributed by atoms with van der Waals surface area (Å²) in [5.74, 6) is -0.547. The average Bonchev–Trinajstić information content (AvgIpc) is 3.01. The molecular weight excluding hydrogens is 582 g/mol. The Kier molecular flexibility index (Phi) is 11.2. The quantitative estimate of drug-likeness (QED) is 0.191. The molecule has 236 valence electrons. The van der Waals surface area contributed by atoms with Gasteiger partial charge in [-0.3, -0.25) is 13.9 Å². The van der Waals surface area contributed by atoms with Crippen LogP contribution < -0.4 is 9.62 Å². The smallest absolute Gasteiger partial charge is 0.264 e. The molecular formula is C37H43N3O4S. The van der Waals surface area contributed by atoms with Crippen LogP contribution in [-0.2, 0) is 32.6 Å². The van der Waals surface area contributed by atoms with E-state index < -0.39 is 28.5 Å². The average molecular weight is 626 g/mol. The maximum Gasteiger partial charge on any atom is 0.264 e. The van der Waals surface area contributed by atoms with Gasteiger partial charge in [0, 0.05) is 19.5 Å². The van der Waals surface area contributed by atoms with Crippen molar-refractivity contribution in [2.45, 2.75) is 58.5 Å². The number of nitrogens with one attached hydrogen (secondary N) is 1. The Morgan fingerprint density at radius 3 is 1.96 bits per heavy atom. The molecule has 0 heterocycles. The second-order valence-corrected chi connectivity index (χ2v) is 13.9. The first-order valence-corrected chi connectivity index (χ1v) is 16.7. The number of anilines is 1. The molecule has 0 spiro atoms. The number of hydrogen-bond donors (Lipinski definition) is 1. The molecule has 8 heteroatoms. The highest BCUT2D eigenvalue weighted by Crippen LogP contribution is 2.26. The second kappa shape index (κ2) is 15.0. The summed E-state index contributed by atoms with van der Waals surface area (Å²) < 4.78 is 29.5. The molecule has 4 aromatic rings. The predicted molar refractivity (Wildman–Crippen MR) is 180 cm³/mol. The van der Waals surface area contributed by atoms with Crippen LogP contribution in [0, 0.1) is 26.7 Å². The largest absolute Gasteiger partial charge is 0.354 e.